The summed E-state index contributed by atoms with van der Waals surface area (Å²) in [6.45, 7) is 2.32. The molecule has 0 atom stereocenters. The Morgan fingerprint density at radius 3 is 2.52 bits per heavy atom. The normalized spacial score (nSPS) is 11.7. The molecule has 3 rings (SSSR count). The summed E-state index contributed by atoms with van der Waals surface area (Å²) in [5.41, 5.74) is -0.276. The van der Waals surface area contributed by atoms with E-state index in [-0.39, 0.29) is 42.6 Å². The minimum Gasteiger partial charge on any atom is -0.357 e. The first kappa shape index (κ1) is 24.6. The van der Waals surface area contributed by atoms with Gasteiger partial charge in [-0.15, -0.1) is 34.2 Å². The summed E-state index contributed by atoms with van der Waals surface area (Å²) >= 11 is 0. The third-order valence-electron chi connectivity index (χ3n) is 4.20. The minimum atomic E-state index is -4.66. The molecule has 0 radical (unpaired) electrons. The second-order valence-corrected chi connectivity index (χ2v) is 6.30. The maximum atomic E-state index is 13.3. The predicted octanol–water partition coefficient (Wildman–Crippen LogP) is 4.30. The number of benzene rings is 2. The Morgan fingerprint density at radius 1 is 1.10 bits per heavy atom. The van der Waals surface area contributed by atoms with Gasteiger partial charge in [-0.3, -0.25) is 4.57 Å². The molecule has 6 nitrogen and oxygen atoms in total. The molecule has 0 unspecified atom stereocenters. The summed E-state index contributed by atoms with van der Waals surface area (Å²) < 4.78 is 54.6. The van der Waals surface area contributed by atoms with Crippen LogP contribution in [0.1, 0.15) is 23.9 Å². The summed E-state index contributed by atoms with van der Waals surface area (Å²) in [7, 11) is 0. The van der Waals surface area contributed by atoms with Crippen LogP contribution in [-0.4, -0.2) is 27.3 Å². The quantitative estimate of drug-likeness (QED) is 0.209. The summed E-state index contributed by atoms with van der Waals surface area (Å²) in [6, 6.07) is 12.0. The lowest BCUT2D eigenvalue weighted by molar-refractivity contribution is -0.138. The van der Waals surface area contributed by atoms with Crippen LogP contribution in [0, 0.1) is 5.82 Å². The molecule has 2 aromatic carbocycles. The molecule has 1 aromatic heterocycles. The Hall–Kier alpha value is -2.70. The van der Waals surface area contributed by atoms with Crippen molar-refractivity contribution in [3.05, 3.63) is 77.6 Å². The number of para-hydroxylation sites is 1. The second kappa shape index (κ2) is 11.1. The fourth-order valence-electron chi connectivity index (χ4n) is 2.80. The lowest BCUT2D eigenvalue weighted by atomic mass is 10.1. The van der Waals surface area contributed by atoms with Crippen molar-refractivity contribution in [3.8, 4) is 5.69 Å². The summed E-state index contributed by atoms with van der Waals surface area (Å²) in [5.74, 6) is -0.0394. The van der Waals surface area contributed by atoms with E-state index in [1.807, 2.05) is 37.3 Å². The van der Waals surface area contributed by atoms with Gasteiger partial charge in [-0.1, -0.05) is 24.3 Å². The van der Waals surface area contributed by atoms with Gasteiger partial charge in [0.15, 0.2) is 11.8 Å². The van der Waals surface area contributed by atoms with Crippen molar-refractivity contribution in [1.82, 2.24) is 25.4 Å². The first-order valence-corrected chi connectivity index (χ1v) is 9.20. The number of rotatable bonds is 6. The van der Waals surface area contributed by atoms with Crippen LogP contribution in [-0.2, 0) is 19.3 Å². The monoisotopic (exact) mass is 548 g/mol. The van der Waals surface area contributed by atoms with Crippen molar-refractivity contribution < 1.29 is 17.6 Å². The van der Waals surface area contributed by atoms with E-state index in [9.17, 15) is 17.6 Å². The largest absolute Gasteiger partial charge is 0.416 e. The molecule has 0 aliphatic carbocycles. The van der Waals surface area contributed by atoms with Gasteiger partial charge in [0.05, 0.1) is 18.7 Å². The van der Waals surface area contributed by atoms with E-state index in [4.69, 9.17) is 0 Å². The van der Waals surface area contributed by atoms with Crippen LogP contribution in [0.15, 0.2) is 59.9 Å². The van der Waals surface area contributed by atoms with Gasteiger partial charge in [-0.2, -0.15) is 13.2 Å². The highest BCUT2D eigenvalue weighted by Gasteiger charge is 2.33. The summed E-state index contributed by atoms with van der Waals surface area (Å²) in [4.78, 5) is 4.20. The van der Waals surface area contributed by atoms with Gasteiger partial charge in [-0.25, -0.2) is 9.38 Å². The zero-order chi connectivity index (χ0) is 21.6. The fourth-order valence-corrected chi connectivity index (χ4v) is 2.80. The number of aromatic nitrogens is 3. The molecule has 3 aromatic rings. The second-order valence-electron chi connectivity index (χ2n) is 6.30. The Kier molecular flexibility index (Phi) is 8.77. The molecule has 0 spiro atoms. The smallest absolute Gasteiger partial charge is 0.357 e. The molecule has 0 saturated heterocycles. The zero-order valence-corrected chi connectivity index (χ0v) is 18.9. The zero-order valence-electron chi connectivity index (χ0n) is 16.5. The molecule has 0 fully saturated rings. The van der Waals surface area contributed by atoms with E-state index in [1.165, 1.54) is 0 Å². The summed E-state index contributed by atoms with van der Waals surface area (Å²) in [5, 5.41) is 14.0. The maximum Gasteiger partial charge on any atom is 0.416 e. The van der Waals surface area contributed by atoms with Crippen LogP contribution in [0.5, 0.6) is 0 Å². The Morgan fingerprint density at radius 2 is 1.84 bits per heavy atom. The Balaban J connectivity index is 0.00000341. The highest BCUT2D eigenvalue weighted by Crippen LogP contribution is 2.32. The lowest BCUT2D eigenvalue weighted by Gasteiger charge is -2.14. The average Bonchev–Trinajstić information content (AvgIpc) is 3.19. The molecule has 2 N–H and O–H groups in total. The Labute approximate surface area is 193 Å². The van der Waals surface area contributed by atoms with Gasteiger partial charge in [0.25, 0.3) is 0 Å². The predicted molar refractivity (Wildman–Crippen MR) is 120 cm³/mol. The van der Waals surface area contributed by atoms with Crippen molar-refractivity contribution in [3.63, 3.8) is 0 Å². The van der Waals surface area contributed by atoms with Gasteiger partial charge in [-0.05, 0) is 36.8 Å². The summed E-state index contributed by atoms with van der Waals surface area (Å²) in [6.07, 6.45) is -3.09. The minimum absolute atomic E-state index is 0. The third-order valence-corrected chi connectivity index (χ3v) is 4.20. The van der Waals surface area contributed by atoms with Crippen molar-refractivity contribution >= 4 is 29.9 Å². The number of alkyl halides is 3. The molecule has 0 saturated carbocycles. The topological polar surface area (TPSA) is 67.1 Å². The van der Waals surface area contributed by atoms with Gasteiger partial charge in [0, 0.05) is 12.2 Å². The van der Waals surface area contributed by atoms with Crippen molar-refractivity contribution in [1.29, 1.82) is 0 Å². The molecule has 0 aliphatic rings. The third kappa shape index (κ3) is 6.64. The van der Waals surface area contributed by atoms with E-state index < -0.39 is 17.6 Å². The molecular weight excluding hydrogens is 527 g/mol. The van der Waals surface area contributed by atoms with E-state index in [0.717, 1.165) is 17.8 Å². The number of aliphatic imine (C=N–C) groups is 1. The van der Waals surface area contributed by atoms with Gasteiger partial charge in [0.2, 0.25) is 0 Å². The number of guanidine groups is 1. The molecule has 0 amide bonds. The van der Waals surface area contributed by atoms with E-state index in [0.29, 0.717) is 24.4 Å². The SMILES string of the molecule is CCNC(=NCc1ccc(F)cc1C(F)(F)F)NCc1nncn1-c1ccccc1.I. The van der Waals surface area contributed by atoms with Crippen LogP contribution < -0.4 is 10.6 Å². The van der Waals surface area contributed by atoms with Gasteiger partial charge >= 0.3 is 6.18 Å². The van der Waals surface area contributed by atoms with Crippen molar-refractivity contribution in [2.45, 2.75) is 26.2 Å². The van der Waals surface area contributed by atoms with Gasteiger partial charge < -0.3 is 10.6 Å². The fraction of sp³-hybridized carbons (Fsp3) is 0.250. The lowest BCUT2D eigenvalue weighted by Crippen LogP contribution is -2.37. The molecule has 11 heteroatoms. The Bertz CT molecular complexity index is 1000. The van der Waals surface area contributed by atoms with Crippen LogP contribution in [0.3, 0.4) is 0 Å². The van der Waals surface area contributed by atoms with E-state index in [2.05, 4.69) is 25.8 Å². The van der Waals surface area contributed by atoms with E-state index in [1.54, 1.807) is 10.9 Å². The molecular formula is C20H21F4IN6. The number of nitrogens with one attached hydrogen (secondary N) is 2. The van der Waals surface area contributed by atoms with Crippen LogP contribution in [0.25, 0.3) is 5.69 Å². The molecule has 0 aliphatic heterocycles. The number of halogens is 5. The molecule has 1 heterocycles. The van der Waals surface area contributed by atoms with Gasteiger partial charge in [0.1, 0.15) is 12.1 Å². The average molecular weight is 548 g/mol. The molecule has 31 heavy (non-hydrogen) atoms. The number of hydrogen-bond donors (Lipinski definition) is 2. The first-order valence-electron chi connectivity index (χ1n) is 9.20. The van der Waals surface area contributed by atoms with Crippen molar-refractivity contribution in [2.75, 3.05) is 6.54 Å². The molecule has 166 valence electrons. The number of nitrogens with zero attached hydrogens (tertiary/aromatic N) is 4. The van der Waals surface area contributed by atoms with Crippen LogP contribution >= 0.6 is 24.0 Å². The maximum absolute atomic E-state index is 13.3. The molecule has 0 bridgehead atoms. The standard InChI is InChI=1S/C20H20F4N6.HI/c1-2-25-19(26-11-14-8-9-15(21)10-17(14)20(22,23)24)27-12-18-29-28-13-30(18)16-6-4-3-5-7-16;/h3-10,13H,2,11-12H2,1H3,(H2,25,26,27);1H. The van der Waals surface area contributed by atoms with Crippen LogP contribution in [0.2, 0.25) is 0 Å². The number of hydrogen-bond acceptors (Lipinski definition) is 3. The first-order chi connectivity index (χ1) is 14.4. The highest BCUT2D eigenvalue weighted by atomic mass is 127. The van der Waals surface area contributed by atoms with Crippen molar-refractivity contribution in [2.24, 2.45) is 4.99 Å². The van der Waals surface area contributed by atoms with Crippen LogP contribution in [0.4, 0.5) is 17.6 Å². The highest BCUT2D eigenvalue weighted by molar-refractivity contribution is 14.0. The van der Waals surface area contributed by atoms with E-state index >= 15 is 0 Å².